The molecule has 1 saturated heterocycles. The van der Waals surface area contributed by atoms with Crippen LogP contribution < -0.4 is 5.32 Å². The first-order valence-corrected chi connectivity index (χ1v) is 6.72. The Kier molecular flexibility index (Phi) is 7.01. The van der Waals surface area contributed by atoms with Crippen molar-refractivity contribution >= 4 is 0 Å². The van der Waals surface area contributed by atoms with E-state index in [1.807, 2.05) is 0 Å². The van der Waals surface area contributed by atoms with Gasteiger partial charge in [-0.15, -0.1) is 0 Å². The van der Waals surface area contributed by atoms with Crippen molar-refractivity contribution in [3.63, 3.8) is 0 Å². The molecule has 3 nitrogen and oxygen atoms in total. The fraction of sp³-hybridized carbons (Fsp3) is 1.00. The van der Waals surface area contributed by atoms with Crippen LogP contribution in [0.5, 0.6) is 0 Å². The van der Waals surface area contributed by atoms with E-state index in [9.17, 15) is 0 Å². The Morgan fingerprint density at radius 1 is 1.19 bits per heavy atom. The second-order valence-corrected chi connectivity index (χ2v) is 5.24. The minimum Gasteiger partial charge on any atom is -0.380 e. The fourth-order valence-corrected chi connectivity index (χ4v) is 2.09. The molecule has 1 aliphatic heterocycles. The quantitative estimate of drug-likeness (QED) is 0.701. The van der Waals surface area contributed by atoms with Gasteiger partial charge in [0, 0.05) is 25.7 Å². The van der Waals surface area contributed by atoms with Gasteiger partial charge in [-0.3, -0.25) is 4.90 Å². The predicted octanol–water partition coefficient (Wildman–Crippen LogP) is 1.73. The first-order chi connectivity index (χ1) is 7.70. The molecule has 0 bridgehead atoms. The van der Waals surface area contributed by atoms with Crippen LogP contribution in [0.3, 0.4) is 0 Å². The van der Waals surface area contributed by atoms with Crippen LogP contribution in [0, 0.1) is 5.92 Å². The fourth-order valence-electron chi connectivity index (χ4n) is 2.09. The molecule has 16 heavy (non-hydrogen) atoms. The molecule has 0 aromatic heterocycles. The number of hydrogen-bond acceptors (Lipinski definition) is 3. The lowest BCUT2D eigenvalue weighted by Crippen LogP contribution is -2.37. The second-order valence-electron chi connectivity index (χ2n) is 5.24. The van der Waals surface area contributed by atoms with Gasteiger partial charge in [-0.25, -0.2) is 0 Å². The zero-order valence-electron chi connectivity index (χ0n) is 11.2. The lowest BCUT2D eigenvalue weighted by molar-refractivity contribution is 0.132. The largest absolute Gasteiger partial charge is 0.380 e. The maximum absolute atomic E-state index is 5.47. The van der Waals surface area contributed by atoms with Crippen LogP contribution in [0.2, 0.25) is 0 Å². The SMILES string of the molecule is CC(C)CNCCC(C)N1CCCOCC1. The van der Waals surface area contributed by atoms with Gasteiger partial charge in [-0.05, 0) is 38.8 Å². The summed E-state index contributed by atoms with van der Waals surface area (Å²) in [6, 6.07) is 0.682. The third kappa shape index (κ3) is 5.83. The molecule has 0 aliphatic carbocycles. The molecule has 1 fully saturated rings. The van der Waals surface area contributed by atoms with Crippen LogP contribution in [-0.4, -0.2) is 50.3 Å². The molecule has 1 N–H and O–H groups in total. The van der Waals surface area contributed by atoms with Gasteiger partial charge in [0.15, 0.2) is 0 Å². The zero-order valence-corrected chi connectivity index (χ0v) is 11.2. The first kappa shape index (κ1) is 13.9. The molecule has 0 spiro atoms. The predicted molar refractivity (Wildman–Crippen MR) is 68.8 cm³/mol. The van der Waals surface area contributed by atoms with Gasteiger partial charge in [0.25, 0.3) is 0 Å². The molecule has 0 aromatic carbocycles. The third-order valence-electron chi connectivity index (χ3n) is 3.17. The maximum Gasteiger partial charge on any atom is 0.0593 e. The van der Waals surface area contributed by atoms with Crippen LogP contribution in [0.4, 0.5) is 0 Å². The van der Waals surface area contributed by atoms with E-state index in [0.717, 1.165) is 38.8 Å². The molecule has 1 aliphatic rings. The normalized spacial score (nSPS) is 21.0. The number of nitrogens with zero attached hydrogens (tertiary/aromatic N) is 1. The Hall–Kier alpha value is -0.120. The van der Waals surface area contributed by atoms with Gasteiger partial charge in [-0.2, -0.15) is 0 Å². The highest BCUT2D eigenvalue weighted by molar-refractivity contribution is 4.70. The van der Waals surface area contributed by atoms with E-state index in [-0.39, 0.29) is 0 Å². The summed E-state index contributed by atoms with van der Waals surface area (Å²) >= 11 is 0. The first-order valence-electron chi connectivity index (χ1n) is 6.72. The van der Waals surface area contributed by atoms with Gasteiger partial charge in [-0.1, -0.05) is 13.8 Å². The number of nitrogens with one attached hydrogen (secondary N) is 1. The van der Waals surface area contributed by atoms with Crippen molar-refractivity contribution in [1.82, 2.24) is 10.2 Å². The molecule has 3 heteroatoms. The average Bonchev–Trinajstić information content (AvgIpc) is 2.52. The summed E-state index contributed by atoms with van der Waals surface area (Å²) in [7, 11) is 0. The summed E-state index contributed by atoms with van der Waals surface area (Å²) in [5, 5.41) is 3.51. The minimum atomic E-state index is 0.682. The van der Waals surface area contributed by atoms with Gasteiger partial charge in [0.1, 0.15) is 0 Å². The molecule has 96 valence electrons. The summed E-state index contributed by atoms with van der Waals surface area (Å²) < 4.78 is 5.47. The Bertz CT molecular complexity index is 165. The summed E-state index contributed by atoms with van der Waals surface area (Å²) in [5.74, 6) is 0.752. The third-order valence-corrected chi connectivity index (χ3v) is 3.17. The van der Waals surface area contributed by atoms with E-state index in [2.05, 4.69) is 31.0 Å². The van der Waals surface area contributed by atoms with E-state index < -0.39 is 0 Å². The smallest absolute Gasteiger partial charge is 0.0593 e. The van der Waals surface area contributed by atoms with Crippen LogP contribution in [-0.2, 0) is 4.74 Å². The van der Waals surface area contributed by atoms with Crippen LogP contribution in [0.15, 0.2) is 0 Å². The highest BCUT2D eigenvalue weighted by atomic mass is 16.5. The van der Waals surface area contributed by atoms with Crippen molar-refractivity contribution in [2.24, 2.45) is 5.92 Å². The van der Waals surface area contributed by atoms with E-state index >= 15 is 0 Å². The summed E-state index contributed by atoms with van der Waals surface area (Å²) in [5.41, 5.74) is 0. The average molecular weight is 228 g/mol. The van der Waals surface area contributed by atoms with Crippen molar-refractivity contribution in [2.75, 3.05) is 39.4 Å². The van der Waals surface area contributed by atoms with Crippen LogP contribution in [0.1, 0.15) is 33.6 Å². The number of rotatable bonds is 6. The van der Waals surface area contributed by atoms with Crippen molar-refractivity contribution in [1.29, 1.82) is 0 Å². The summed E-state index contributed by atoms with van der Waals surface area (Å²) in [6.45, 7) is 13.3. The number of ether oxygens (including phenoxy) is 1. The Labute approximate surface area is 101 Å². The highest BCUT2D eigenvalue weighted by Crippen LogP contribution is 2.07. The maximum atomic E-state index is 5.47. The van der Waals surface area contributed by atoms with Crippen molar-refractivity contribution in [2.45, 2.75) is 39.7 Å². The molecule has 1 heterocycles. The molecule has 0 aromatic rings. The summed E-state index contributed by atoms with van der Waals surface area (Å²) in [4.78, 5) is 2.56. The molecule has 1 atom stereocenters. The van der Waals surface area contributed by atoms with Gasteiger partial charge in [0.05, 0.1) is 6.61 Å². The van der Waals surface area contributed by atoms with Crippen LogP contribution >= 0.6 is 0 Å². The second kappa shape index (κ2) is 8.04. The van der Waals surface area contributed by atoms with E-state index in [0.29, 0.717) is 6.04 Å². The van der Waals surface area contributed by atoms with E-state index in [4.69, 9.17) is 4.74 Å². The molecule has 0 saturated carbocycles. The lowest BCUT2D eigenvalue weighted by Gasteiger charge is -2.27. The highest BCUT2D eigenvalue weighted by Gasteiger charge is 2.15. The molecule has 1 rings (SSSR count). The Balaban J connectivity index is 2.10. The van der Waals surface area contributed by atoms with Gasteiger partial charge >= 0.3 is 0 Å². The molecule has 1 unspecified atom stereocenters. The van der Waals surface area contributed by atoms with Gasteiger partial charge < -0.3 is 10.1 Å². The molecular formula is C13H28N2O. The lowest BCUT2D eigenvalue weighted by atomic mass is 10.1. The minimum absolute atomic E-state index is 0.682. The standard InChI is InChI=1S/C13H28N2O/c1-12(2)11-14-6-5-13(3)15-7-4-9-16-10-8-15/h12-14H,4-11H2,1-3H3. The van der Waals surface area contributed by atoms with E-state index in [1.54, 1.807) is 0 Å². The van der Waals surface area contributed by atoms with Crippen molar-refractivity contribution in [3.05, 3.63) is 0 Å². The molecular weight excluding hydrogens is 200 g/mol. The molecule has 0 amide bonds. The zero-order chi connectivity index (χ0) is 11.8. The monoisotopic (exact) mass is 228 g/mol. The van der Waals surface area contributed by atoms with Gasteiger partial charge in [0.2, 0.25) is 0 Å². The van der Waals surface area contributed by atoms with Crippen LogP contribution in [0.25, 0.3) is 0 Å². The topological polar surface area (TPSA) is 24.5 Å². The Morgan fingerprint density at radius 3 is 2.75 bits per heavy atom. The summed E-state index contributed by atoms with van der Waals surface area (Å²) in [6.07, 6.45) is 2.43. The number of hydrogen-bond donors (Lipinski definition) is 1. The van der Waals surface area contributed by atoms with Crippen molar-refractivity contribution in [3.8, 4) is 0 Å². The molecule has 0 radical (unpaired) electrons. The Morgan fingerprint density at radius 2 is 2.00 bits per heavy atom. The van der Waals surface area contributed by atoms with E-state index in [1.165, 1.54) is 19.4 Å². The van der Waals surface area contributed by atoms with Crippen molar-refractivity contribution < 1.29 is 4.74 Å².